The van der Waals surface area contributed by atoms with E-state index in [1.54, 1.807) is 0 Å². The molecule has 0 saturated carbocycles. The predicted octanol–water partition coefficient (Wildman–Crippen LogP) is 15.1. The average molecular weight is 753 g/mol. The van der Waals surface area contributed by atoms with Crippen LogP contribution < -0.4 is 0 Å². The monoisotopic (exact) mass is 752 g/mol. The third-order valence-electron chi connectivity index (χ3n) is 12.3. The zero-order chi connectivity index (χ0) is 39.5. The van der Waals surface area contributed by atoms with Gasteiger partial charge in [0.15, 0.2) is 5.82 Å². The minimum Gasteiger partial charge on any atom is -0.228 e. The lowest BCUT2D eigenvalue weighted by atomic mass is 9.81. The molecule has 0 fully saturated rings. The zero-order valence-corrected chi connectivity index (χ0v) is 33.0. The Bertz CT molecular complexity index is 3160. The molecule has 0 saturated heterocycles. The van der Waals surface area contributed by atoms with Crippen LogP contribution in [0.1, 0.15) is 25.0 Å². The minimum atomic E-state index is -0.121. The highest BCUT2D eigenvalue weighted by molar-refractivity contribution is 6.08. The largest absolute Gasteiger partial charge is 0.228 e. The molecular weight excluding hydrogens is 713 g/mol. The SMILES string of the molecule is CC1(C)c2cc3ccccc3cc2-c2c(-c3ccc(-c4cc(-c5cc(-c6ccccc6)cc(-c6ccccc6)c5)nc(-c5ccccc5)n4)c4ccccc34)cccc21. The first-order valence-corrected chi connectivity index (χ1v) is 20.4. The van der Waals surface area contributed by atoms with Crippen molar-refractivity contribution in [2.45, 2.75) is 19.3 Å². The Morgan fingerprint density at radius 3 is 1.51 bits per heavy atom. The summed E-state index contributed by atoms with van der Waals surface area (Å²) in [6, 6.07) is 74.4. The van der Waals surface area contributed by atoms with E-state index in [0.717, 1.165) is 55.7 Å². The number of hydrogen-bond donors (Lipinski definition) is 0. The lowest BCUT2D eigenvalue weighted by molar-refractivity contribution is 0.661. The lowest BCUT2D eigenvalue weighted by Gasteiger charge is -2.22. The Hall–Kier alpha value is -7.42. The van der Waals surface area contributed by atoms with Gasteiger partial charge in [-0.1, -0.05) is 184 Å². The molecule has 10 aromatic rings. The summed E-state index contributed by atoms with van der Waals surface area (Å²) in [5.41, 5.74) is 17.2. The van der Waals surface area contributed by atoms with E-state index in [9.17, 15) is 0 Å². The van der Waals surface area contributed by atoms with Crippen LogP contribution in [0, 0.1) is 0 Å². The van der Waals surface area contributed by atoms with E-state index in [-0.39, 0.29) is 5.41 Å². The van der Waals surface area contributed by atoms with Gasteiger partial charge in [-0.25, -0.2) is 9.97 Å². The maximum Gasteiger partial charge on any atom is 0.160 e. The second kappa shape index (κ2) is 13.9. The van der Waals surface area contributed by atoms with Gasteiger partial charge in [0.25, 0.3) is 0 Å². The highest BCUT2D eigenvalue weighted by Crippen LogP contribution is 2.54. The molecule has 278 valence electrons. The first-order valence-electron chi connectivity index (χ1n) is 20.4. The fraction of sp³-hybridized carbons (Fsp3) is 0.0526. The molecule has 1 heterocycles. The molecule has 0 amide bonds. The summed E-state index contributed by atoms with van der Waals surface area (Å²) in [5, 5.41) is 4.91. The fourth-order valence-corrected chi connectivity index (χ4v) is 9.27. The minimum absolute atomic E-state index is 0.121. The van der Waals surface area contributed by atoms with Crippen molar-refractivity contribution >= 4 is 21.5 Å². The summed E-state index contributed by atoms with van der Waals surface area (Å²) in [7, 11) is 0. The summed E-state index contributed by atoms with van der Waals surface area (Å²) in [5.74, 6) is 0.699. The first-order chi connectivity index (χ1) is 29.0. The molecule has 0 bridgehead atoms. The van der Waals surface area contributed by atoms with Crippen molar-refractivity contribution in [1.29, 1.82) is 0 Å². The summed E-state index contributed by atoms with van der Waals surface area (Å²) >= 11 is 0. The van der Waals surface area contributed by atoms with Crippen molar-refractivity contribution < 1.29 is 0 Å². The van der Waals surface area contributed by atoms with E-state index < -0.39 is 0 Å². The molecule has 59 heavy (non-hydrogen) atoms. The molecule has 1 aliphatic rings. The third kappa shape index (κ3) is 5.96. The van der Waals surface area contributed by atoms with Crippen LogP contribution in [0.15, 0.2) is 206 Å². The summed E-state index contributed by atoms with van der Waals surface area (Å²) in [6.07, 6.45) is 0. The Kier molecular flexibility index (Phi) is 8.20. The van der Waals surface area contributed by atoms with Crippen LogP contribution in [0.2, 0.25) is 0 Å². The van der Waals surface area contributed by atoms with Crippen molar-refractivity contribution in [3.05, 3.63) is 217 Å². The third-order valence-corrected chi connectivity index (χ3v) is 12.3. The van der Waals surface area contributed by atoms with Crippen molar-refractivity contribution in [1.82, 2.24) is 9.97 Å². The average Bonchev–Trinajstić information content (AvgIpc) is 3.53. The standard InChI is InChI=1S/C57H40N2/c1-57(2)51-28-16-27-49(55(51)50-34-40-23-12-13-24-41(40)35-52(50)57)47-29-30-48(46-26-15-14-25-45(46)47)54-36-53(58-56(59-54)39-21-10-5-11-22-39)44-32-42(37-17-6-3-7-18-37)31-43(33-44)38-19-8-4-9-20-38/h3-36H,1-2H3. The number of aromatic nitrogens is 2. The van der Waals surface area contributed by atoms with Gasteiger partial charge in [-0.2, -0.15) is 0 Å². The lowest BCUT2D eigenvalue weighted by Crippen LogP contribution is -2.14. The number of nitrogens with zero attached hydrogens (tertiary/aromatic N) is 2. The fourth-order valence-electron chi connectivity index (χ4n) is 9.27. The molecule has 9 aromatic carbocycles. The van der Waals surface area contributed by atoms with E-state index in [1.807, 2.05) is 6.07 Å². The van der Waals surface area contributed by atoms with Crippen LogP contribution >= 0.6 is 0 Å². The van der Waals surface area contributed by atoms with Crippen molar-refractivity contribution in [3.8, 4) is 78.4 Å². The van der Waals surface area contributed by atoms with Crippen LogP contribution in [0.3, 0.4) is 0 Å². The molecule has 0 atom stereocenters. The Labute approximate surface area is 345 Å². The van der Waals surface area contributed by atoms with Gasteiger partial charge in [0.1, 0.15) is 0 Å². The van der Waals surface area contributed by atoms with E-state index in [0.29, 0.717) is 5.82 Å². The second-order valence-corrected chi connectivity index (χ2v) is 16.2. The van der Waals surface area contributed by atoms with E-state index in [1.165, 1.54) is 49.5 Å². The molecule has 2 heteroatoms. The normalized spacial score (nSPS) is 12.7. The van der Waals surface area contributed by atoms with E-state index in [2.05, 4.69) is 214 Å². The van der Waals surface area contributed by atoms with Crippen molar-refractivity contribution in [2.24, 2.45) is 0 Å². The van der Waals surface area contributed by atoms with Gasteiger partial charge in [0, 0.05) is 22.1 Å². The highest BCUT2D eigenvalue weighted by atomic mass is 14.9. The topological polar surface area (TPSA) is 25.8 Å². The smallest absolute Gasteiger partial charge is 0.160 e. The molecular formula is C57H40N2. The number of fused-ring (bicyclic) bond motifs is 5. The quantitative estimate of drug-likeness (QED) is 0.169. The Morgan fingerprint density at radius 1 is 0.322 bits per heavy atom. The molecule has 1 aliphatic carbocycles. The van der Waals surface area contributed by atoms with Crippen molar-refractivity contribution in [3.63, 3.8) is 0 Å². The molecule has 0 unspecified atom stereocenters. The Morgan fingerprint density at radius 2 is 0.847 bits per heavy atom. The number of benzene rings is 9. The molecule has 0 aliphatic heterocycles. The molecule has 11 rings (SSSR count). The first kappa shape index (κ1) is 34.8. The van der Waals surface area contributed by atoms with Gasteiger partial charge in [0.2, 0.25) is 0 Å². The molecule has 0 radical (unpaired) electrons. The zero-order valence-electron chi connectivity index (χ0n) is 33.0. The van der Waals surface area contributed by atoms with Crippen LogP contribution in [-0.4, -0.2) is 9.97 Å². The maximum atomic E-state index is 5.34. The summed E-state index contributed by atoms with van der Waals surface area (Å²) < 4.78 is 0. The molecule has 0 spiro atoms. The van der Waals surface area contributed by atoms with Crippen LogP contribution in [-0.2, 0) is 5.41 Å². The van der Waals surface area contributed by atoms with Gasteiger partial charge >= 0.3 is 0 Å². The Balaban J connectivity index is 1.12. The molecule has 2 nitrogen and oxygen atoms in total. The van der Waals surface area contributed by atoms with Crippen molar-refractivity contribution in [2.75, 3.05) is 0 Å². The number of rotatable bonds is 6. The molecule has 1 aromatic heterocycles. The van der Waals surface area contributed by atoms with E-state index >= 15 is 0 Å². The van der Waals surface area contributed by atoms with Gasteiger partial charge in [-0.3, -0.25) is 0 Å². The van der Waals surface area contributed by atoms with Gasteiger partial charge in [-0.15, -0.1) is 0 Å². The molecule has 0 N–H and O–H groups in total. The second-order valence-electron chi connectivity index (χ2n) is 16.2. The van der Waals surface area contributed by atoms with Gasteiger partial charge < -0.3 is 0 Å². The predicted molar refractivity (Wildman–Crippen MR) is 247 cm³/mol. The highest BCUT2D eigenvalue weighted by Gasteiger charge is 2.37. The van der Waals surface area contributed by atoms with Crippen LogP contribution in [0.5, 0.6) is 0 Å². The summed E-state index contributed by atoms with van der Waals surface area (Å²) in [6.45, 7) is 4.74. The number of hydrogen-bond acceptors (Lipinski definition) is 2. The van der Waals surface area contributed by atoms with Crippen LogP contribution in [0.25, 0.3) is 100.0 Å². The van der Waals surface area contributed by atoms with Gasteiger partial charge in [0.05, 0.1) is 11.4 Å². The van der Waals surface area contributed by atoms with Gasteiger partial charge in [-0.05, 0) is 114 Å². The summed E-state index contributed by atoms with van der Waals surface area (Å²) in [4.78, 5) is 10.6. The maximum absolute atomic E-state index is 5.34. The van der Waals surface area contributed by atoms with E-state index in [4.69, 9.17) is 9.97 Å². The van der Waals surface area contributed by atoms with Crippen LogP contribution in [0.4, 0.5) is 0 Å².